The summed E-state index contributed by atoms with van der Waals surface area (Å²) in [7, 11) is 0. The van der Waals surface area contributed by atoms with Crippen LogP contribution in [-0.2, 0) is 4.74 Å². The molecule has 32 heavy (non-hydrogen) atoms. The number of hydrogen-bond acceptors (Lipinski definition) is 6. The minimum absolute atomic E-state index is 0.150. The van der Waals surface area contributed by atoms with Gasteiger partial charge in [0.15, 0.2) is 5.82 Å². The second-order valence-corrected chi connectivity index (χ2v) is 9.98. The highest BCUT2D eigenvalue weighted by Gasteiger charge is 2.27. The fourth-order valence-electron chi connectivity index (χ4n) is 3.33. The molecule has 10 heteroatoms. The SMILES string of the molecule is Cc1nc(N2CCN(C(=O)OC(C)(C)C)CC2)nc(NC(C)c2ccc(Cl)cc2Cl)c1Cl. The van der Waals surface area contributed by atoms with Gasteiger partial charge in [-0.15, -0.1) is 0 Å². The van der Waals surface area contributed by atoms with E-state index in [1.807, 2.05) is 45.6 Å². The first-order valence-corrected chi connectivity index (χ1v) is 11.6. The van der Waals surface area contributed by atoms with Crippen LogP contribution >= 0.6 is 34.8 Å². The molecule has 1 aliphatic rings. The van der Waals surface area contributed by atoms with E-state index < -0.39 is 5.60 Å². The van der Waals surface area contributed by atoms with Crippen LogP contribution < -0.4 is 10.2 Å². The average molecular weight is 501 g/mol. The molecule has 1 amide bonds. The van der Waals surface area contributed by atoms with Crippen molar-refractivity contribution in [2.45, 2.75) is 46.3 Å². The molecule has 0 bridgehead atoms. The Bertz CT molecular complexity index is 988. The van der Waals surface area contributed by atoms with Gasteiger partial charge in [-0.05, 0) is 52.3 Å². The summed E-state index contributed by atoms with van der Waals surface area (Å²) in [4.78, 5) is 25.3. The number of halogens is 3. The Morgan fingerprint density at radius 1 is 1.12 bits per heavy atom. The molecule has 1 aromatic carbocycles. The van der Waals surface area contributed by atoms with Crippen LogP contribution in [-0.4, -0.2) is 52.7 Å². The highest BCUT2D eigenvalue weighted by molar-refractivity contribution is 6.35. The zero-order valence-electron chi connectivity index (χ0n) is 18.9. The molecule has 0 saturated carbocycles. The lowest BCUT2D eigenvalue weighted by Crippen LogP contribution is -2.50. The van der Waals surface area contributed by atoms with Crippen molar-refractivity contribution in [1.29, 1.82) is 0 Å². The van der Waals surface area contributed by atoms with Gasteiger partial charge in [0.05, 0.1) is 11.7 Å². The van der Waals surface area contributed by atoms with Gasteiger partial charge >= 0.3 is 6.09 Å². The van der Waals surface area contributed by atoms with Crippen LogP contribution in [0.1, 0.15) is 45.0 Å². The molecule has 7 nitrogen and oxygen atoms in total. The molecule has 1 N–H and O–H groups in total. The van der Waals surface area contributed by atoms with Crippen LogP contribution in [0, 0.1) is 6.92 Å². The van der Waals surface area contributed by atoms with Gasteiger partial charge in [-0.25, -0.2) is 9.78 Å². The second kappa shape index (κ2) is 9.89. The summed E-state index contributed by atoms with van der Waals surface area (Å²) in [5.41, 5.74) is 1.04. The van der Waals surface area contributed by atoms with Crippen molar-refractivity contribution in [3.05, 3.63) is 44.5 Å². The minimum Gasteiger partial charge on any atom is -0.444 e. The summed E-state index contributed by atoms with van der Waals surface area (Å²) >= 11 is 18.9. The smallest absolute Gasteiger partial charge is 0.410 e. The fourth-order valence-corrected chi connectivity index (χ4v) is 4.04. The Morgan fingerprint density at radius 2 is 1.78 bits per heavy atom. The lowest BCUT2D eigenvalue weighted by molar-refractivity contribution is 0.0240. The molecule has 2 heterocycles. The molecule has 2 aromatic rings. The number of aryl methyl sites for hydroxylation is 1. The number of carbonyl (C=O) groups excluding carboxylic acids is 1. The van der Waals surface area contributed by atoms with E-state index in [0.29, 0.717) is 58.7 Å². The number of nitrogens with one attached hydrogen (secondary N) is 1. The quantitative estimate of drug-likeness (QED) is 0.557. The van der Waals surface area contributed by atoms with E-state index in [1.54, 1.807) is 17.0 Å². The number of nitrogens with zero attached hydrogens (tertiary/aromatic N) is 4. The third kappa shape index (κ3) is 6.09. The average Bonchev–Trinajstić information content (AvgIpc) is 2.70. The molecule has 1 unspecified atom stereocenters. The van der Waals surface area contributed by atoms with Crippen molar-refractivity contribution >= 4 is 52.7 Å². The Hall–Kier alpha value is -1.96. The second-order valence-electron chi connectivity index (χ2n) is 8.76. The summed E-state index contributed by atoms with van der Waals surface area (Å²) < 4.78 is 5.47. The van der Waals surface area contributed by atoms with Crippen molar-refractivity contribution in [3.8, 4) is 0 Å². The number of anilines is 2. The molecular formula is C22H28Cl3N5O2. The van der Waals surface area contributed by atoms with E-state index in [4.69, 9.17) is 39.5 Å². The monoisotopic (exact) mass is 499 g/mol. The number of hydrogen-bond donors (Lipinski definition) is 1. The molecule has 0 radical (unpaired) electrons. The summed E-state index contributed by atoms with van der Waals surface area (Å²) in [6.07, 6.45) is -0.304. The van der Waals surface area contributed by atoms with Crippen molar-refractivity contribution in [3.63, 3.8) is 0 Å². The summed E-state index contributed by atoms with van der Waals surface area (Å²) in [6.45, 7) is 11.6. The van der Waals surface area contributed by atoms with Crippen LogP contribution in [0.2, 0.25) is 15.1 Å². The molecule has 3 rings (SSSR count). The first-order valence-electron chi connectivity index (χ1n) is 10.4. The predicted molar refractivity (Wildman–Crippen MR) is 130 cm³/mol. The highest BCUT2D eigenvalue weighted by Crippen LogP contribution is 2.32. The van der Waals surface area contributed by atoms with E-state index >= 15 is 0 Å². The van der Waals surface area contributed by atoms with Crippen LogP contribution in [0.5, 0.6) is 0 Å². The Balaban J connectivity index is 1.72. The Morgan fingerprint density at radius 3 is 2.38 bits per heavy atom. The lowest BCUT2D eigenvalue weighted by Gasteiger charge is -2.35. The number of carbonyl (C=O) groups is 1. The predicted octanol–water partition coefficient (Wildman–Crippen LogP) is 5.98. The van der Waals surface area contributed by atoms with Crippen molar-refractivity contribution in [2.75, 3.05) is 36.4 Å². The number of rotatable bonds is 4. The normalized spacial score (nSPS) is 15.5. The van der Waals surface area contributed by atoms with Gasteiger partial charge in [-0.3, -0.25) is 0 Å². The maximum absolute atomic E-state index is 12.3. The maximum atomic E-state index is 12.3. The van der Waals surface area contributed by atoms with Crippen molar-refractivity contribution in [2.24, 2.45) is 0 Å². The van der Waals surface area contributed by atoms with Gasteiger partial charge < -0.3 is 19.9 Å². The number of piperazine rings is 1. The van der Waals surface area contributed by atoms with Crippen LogP contribution in [0.4, 0.5) is 16.6 Å². The van der Waals surface area contributed by atoms with Gasteiger partial charge in [0.25, 0.3) is 0 Å². The maximum Gasteiger partial charge on any atom is 0.410 e. The summed E-state index contributed by atoms with van der Waals surface area (Å²) in [5.74, 6) is 1.09. The molecule has 1 atom stereocenters. The van der Waals surface area contributed by atoms with E-state index in [0.717, 1.165) is 5.56 Å². The van der Waals surface area contributed by atoms with Crippen molar-refractivity contribution < 1.29 is 9.53 Å². The van der Waals surface area contributed by atoms with E-state index in [9.17, 15) is 4.79 Å². The molecule has 1 aromatic heterocycles. The number of benzene rings is 1. The minimum atomic E-state index is -0.519. The Kier molecular flexibility index (Phi) is 7.63. The van der Waals surface area contributed by atoms with E-state index in [-0.39, 0.29) is 12.1 Å². The van der Waals surface area contributed by atoms with Crippen LogP contribution in [0.25, 0.3) is 0 Å². The lowest BCUT2D eigenvalue weighted by atomic mass is 10.1. The van der Waals surface area contributed by atoms with Gasteiger partial charge in [-0.2, -0.15) is 4.98 Å². The molecular weight excluding hydrogens is 473 g/mol. The largest absolute Gasteiger partial charge is 0.444 e. The van der Waals surface area contributed by atoms with Gasteiger partial charge in [0.2, 0.25) is 5.95 Å². The summed E-state index contributed by atoms with van der Waals surface area (Å²) in [5, 5.41) is 4.94. The number of aromatic nitrogens is 2. The first-order chi connectivity index (χ1) is 14.9. The third-order valence-corrected chi connectivity index (χ3v) is 6.02. The standard InChI is InChI=1S/C22H28Cl3N5O2/c1-13(16-7-6-15(23)12-17(16)24)26-19-18(25)14(2)27-20(28-19)29-8-10-30(11-9-29)21(31)32-22(3,4)5/h6-7,12-13H,8-11H2,1-5H3,(H,26,27,28). The molecule has 1 saturated heterocycles. The molecule has 0 aliphatic carbocycles. The Labute approximate surface area is 204 Å². The number of amides is 1. The molecule has 1 aliphatic heterocycles. The van der Waals surface area contributed by atoms with Crippen LogP contribution in [0.3, 0.4) is 0 Å². The first kappa shape index (κ1) is 24.7. The van der Waals surface area contributed by atoms with Gasteiger partial charge in [0.1, 0.15) is 10.6 Å². The topological polar surface area (TPSA) is 70.6 Å². The summed E-state index contributed by atoms with van der Waals surface area (Å²) in [6, 6.07) is 5.23. The highest BCUT2D eigenvalue weighted by atomic mass is 35.5. The van der Waals surface area contributed by atoms with Crippen molar-refractivity contribution in [1.82, 2.24) is 14.9 Å². The number of ether oxygens (including phenoxy) is 1. The van der Waals surface area contributed by atoms with Gasteiger partial charge in [0, 0.05) is 36.2 Å². The van der Waals surface area contributed by atoms with E-state index in [1.165, 1.54) is 0 Å². The fraction of sp³-hybridized carbons (Fsp3) is 0.500. The molecule has 1 fully saturated rings. The molecule has 174 valence electrons. The van der Waals surface area contributed by atoms with Gasteiger partial charge in [-0.1, -0.05) is 40.9 Å². The van der Waals surface area contributed by atoms with E-state index in [2.05, 4.69) is 15.3 Å². The molecule has 0 spiro atoms. The van der Waals surface area contributed by atoms with Crippen LogP contribution in [0.15, 0.2) is 18.2 Å². The zero-order valence-corrected chi connectivity index (χ0v) is 21.1. The zero-order chi connectivity index (χ0) is 23.6. The third-order valence-electron chi connectivity index (χ3n) is 5.00.